The van der Waals surface area contributed by atoms with Gasteiger partial charge in [0, 0.05) is 43.5 Å². The Morgan fingerprint density at radius 3 is 2.33 bits per heavy atom. The van der Waals surface area contributed by atoms with Crippen molar-refractivity contribution in [2.24, 2.45) is 11.8 Å². The smallest absolute Gasteiger partial charge is 0.337 e. The molecule has 0 aliphatic rings. The van der Waals surface area contributed by atoms with E-state index in [-0.39, 0.29) is 11.8 Å². The van der Waals surface area contributed by atoms with Crippen LogP contribution in [-0.4, -0.2) is 43.2 Å². The molecule has 3 rings (SSSR count). The number of amides is 1. The minimum Gasteiger partial charge on any atom is -0.496 e. The van der Waals surface area contributed by atoms with Gasteiger partial charge in [0.1, 0.15) is 11.9 Å². The van der Waals surface area contributed by atoms with Gasteiger partial charge in [-0.2, -0.15) is 0 Å². The van der Waals surface area contributed by atoms with Crippen molar-refractivity contribution in [1.82, 2.24) is 9.88 Å². The second-order valence-corrected chi connectivity index (χ2v) is 10.4. The number of nitrogens with zero attached hydrogens (tertiary/aromatic N) is 1. The molecule has 0 saturated heterocycles. The van der Waals surface area contributed by atoms with Gasteiger partial charge in [-0.05, 0) is 59.7 Å². The first kappa shape index (κ1) is 30.7. The Labute approximate surface area is 237 Å². The van der Waals surface area contributed by atoms with Gasteiger partial charge in [0.05, 0.1) is 25.7 Å². The maximum Gasteiger partial charge on any atom is 0.337 e. The van der Waals surface area contributed by atoms with Gasteiger partial charge in [0.25, 0.3) is 0 Å². The number of aryl methyl sites for hydroxylation is 1. The standard InChI is InChI=1S/C32H42N2O6/c1-8-14-33-31(36)29(20(3)4)30(40-21(5)35)23-12-13-27-26(17-23)25(19-34(27)15-9-2)16-22-10-11-24(32(37)39-7)18-28(22)38-6/h10-13,17-20,29-30H,8-9,14-16H2,1-7H3,(H,33,36). The monoisotopic (exact) mass is 550 g/mol. The van der Waals surface area contributed by atoms with Crippen LogP contribution >= 0.6 is 0 Å². The van der Waals surface area contributed by atoms with Gasteiger partial charge in [-0.3, -0.25) is 9.59 Å². The number of benzene rings is 2. The summed E-state index contributed by atoms with van der Waals surface area (Å²) in [6, 6.07) is 11.4. The van der Waals surface area contributed by atoms with Crippen LogP contribution < -0.4 is 10.1 Å². The molecule has 216 valence electrons. The van der Waals surface area contributed by atoms with Crippen LogP contribution in [0.3, 0.4) is 0 Å². The molecule has 0 bridgehead atoms. The molecule has 8 heteroatoms. The summed E-state index contributed by atoms with van der Waals surface area (Å²) >= 11 is 0. The Morgan fingerprint density at radius 2 is 1.73 bits per heavy atom. The van der Waals surface area contributed by atoms with E-state index in [0.717, 1.165) is 47.0 Å². The van der Waals surface area contributed by atoms with Gasteiger partial charge >= 0.3 is 11.9 Å². The van der Waals surface area contributed by atoms with Crippen LogP contribution in [0.2, 0.25) is 0 Å². The summed E-state index contributed by atoms with van der Waals surface area (Å²) in [5.74, 6) is -0.978. The summed E-state index contributed by atoms with van der Waals surface area (Å²) in [5, 5.41) is 4.00. The summed E-state index contributed by atoms with van der Waals surface area (Å²) in [6.45, 7) is 10.9. The molecule has 0 radical (unpaired) electrons. The average Bonchev–Trinajstić information content (AvgIpc) is 3.27. The molecular weight excluding hydrogens is 508 g/mol. The van der Waals surface area contributed by atoms with E-state index in [1.54, 1.807) is 19.2 Å². The van der Waals surface area contributed by atoms with E-state index in [2.05, 4.69) is 23.0 Å². The van der Waals surface area contributed by atoms with E-state index < -0.39 is 24.0 Å². The minimum atomic E-state index is -0.727. The number of carbonyl (C=O) groups is 3. The Hall–Kier alpha value is -3.81. The molecule has 3 aromatic rings. The van der Waals surface area contributed by atoms with Crippen LogP contribution in [0.1, 0.15) is 80.6 Å². The van der Waals surface area contributed by atoms with Crippen molar-refractivity contribution in [3.63, 3.8) is 0 Å². The van der Waals surface area contributed by atoms with Crippen LogP contribution in [0.25, 0.3) is 10.9 Å². The lowest BCUT2D eigenvalue weighted by atomic mass is 9.85. The van der Waals surface area contributed by atoms with Crippen LogP contribution in [0.5, 0.6) is 5.75 Å². The van der Waals surface area contributed by atoms with Crippen molar-refractivity contribution < 1.29 is 28.6 Å². The molecule has 2 unspecified atom stereocenters. The third kappa shape index (κ3) is 7.03. The summed E-state index contributed by atoms with van der Waals surface area (Å²) in [4.78, 5) is 37.5. The van der Waals surface area contributed by atoms with E-state index >= 15 is 0 Å². The fourth-order valence-corrected chi connectivity index (χ4v) is 5.16. The van der Waals surface area contributed by atoms with Crippen molar-refractivity contribution in [3.05, 3.63) is 64.8 Å². The highest BCUT2D eigenvalue weighted by atomic mass is 16.5. The molecule has 1 aromatic heterocycles. The molecule has 1 N–H and O–H groups in total. The summed E-state index contributed by atoms with van der Waals surface area (Å²) in [6.07, 6.45) is 3.75. The molecule has 2 aromatic carbocycles. The number of fused-ring (bicyclic) bond motifs is 1. The first-order valence-corrected chi connectivity index (χ1v) is 14.0. The molecule has 40 heavy (non-hydrogen) atoms. The highest BCUT2D eigenvalue weighted by Crippen LogP contribution is 2.36. The zero-order valence-electron chi connectivity index (χ0n) is 24.7. The molecule has 0 fully saturated rings. The number of ether oxygens (including phenoxy) is 3. The number of methoxy groups -OCH3 is 2. The number of carbonyl (C=O) groups excluding carboxylic acids is 3. The van der Waals surface area contributed by atoms with Gasteiger partial charge in [-0.25, -0.2) is 4.79 Å². The average molecular weight is 551 g/mol. The van der Waals surface area contributed by atoms with E-state index in [0.29, 0.717) is 24.3 Å². The minimum absolute atomic E-state index is 0.0568. The topological polar surface area (TPSA) is 95.9 Å². The third-order valence-electron chi connectivity index (χ3n) is 7.06. The summed E-state index contributed by atoms with van der Waals surface area (Å²) in [5.41, 5.74) is 4.24. The predicted molar refractivity (Wildman–Crippen MR) is 156 cm³/mol. The Balaban J connectivity index is 2.13. The Kier molecular flexibility index (Phi) is 10.8. The molecule has 0 spiro atoms. The second-order valence-electron chi connectivity index (χ2n) is 10.4. The van der Waals surface area contributed by atoms with Crippen molar-refractivity contribution in [2.75, 3.05) is 20.8 Å². The molecule has 1 heterocycles. The lowest BCUT2D eigenvalue weighted by molar-refractivity contribution is -0.153. The van der Waals surface area contributed by atoms with Gasteiger partial charge in [0.15, 0.2) is 0 Å². The SMILES string of the molecule is CCCNC(=O)C(C(C)C)C(OC(C)=O)c1ccc2c(c1)c(Cc1ccc(C(=O)OC)cc1OC)cn2CCC. The van der Waals surface area contributed by atoms with Crippen molar-refractivity contribution in [2.45, 2.75) is 66.5 Å². The second kappa shape index (κ2) is 14.0. The normalized spacial score (nSPS) is 12.7. The zero-order valence-corrected chi connectivity index (χ0v) is 24.7. The predicted octanol–water partition coefficient (Wildman–Crippen LogP) is 5.84. The lowest BCUT2D eigenvalue weighted by Crippen LogP contribution is -2.38. The molecular formula is C32H42N2O6. The fourth-order valence-electron chi connectivity index (χ4n) is 5.16. The number of aromatic nitrogens is 1. The van der Waals surface area contributed by atoms with E-state index in [4.69, 9.17) is 14.2 Å². The van der Waals surface area contributed by atoms with Crippen molar-refractivity contribution >= 4 is 28.7 Å². The third-order valence-corrected chi connectivity index (χ3v) is 7.06. The Morgan fingerprint density at radius 1 is 0.975 bits per heavy atom. The number of rotatable bonds is 13. The molecule has 1 amide bonds. The fraction of sp³-hybridized carbons (Fsp3) is 0.469. The highest BCUT2D eigenvalue weighted by molar-refractivity contribution is 5.90. The maximum atomic E-state index is 13.2. The van der Waals surface area contributed by atoms with E-state index in [1.165, 1.54) is 14.0 Å². The number of hydrogen-bond donors (Lipinski definition) is 1. The van der Waals surface area contributed by atoms with E-state index in [9.17, 15) is 14.4 Å². The van der Waals surface area contributed by atoms with Gasteiger partial charge in [-0.15, -0.1) is 0 Å². The largest absolute Gasteiger partial charge is 0.496 e. The van der Waals surface area contributed by atoms with Crippen LogP contribution in [0.15, 0.2) is 42.6 Å². The van der Waals surface area contributed by atoms with Gasteiger partial charge in [-0.1, -0.05) is 39.8 Å². The number of nitrogens with one attached hydrogen (secondary N) is 1. The quantitative estimate of drug-likeness (QED) is 0.269. The van der Waals surface area contributed by atoms with Gasteiger partial charge in [0.2, 0.25) is 5.91 Å². The van der Waals surface area contributed by atoms with E-state index in [1.807, 2.05) is 45.0 Å². The van der Waals surface area contributed by atoms with Crippen LogP contribution in [0, 0.1) is 11.8 Å². The Bertz CT molecular complexity index is 1340. The van der Waals surface area contributed by atoms with Crippen LogP contribution in [0.4, 0.5) is 0 Å². The summed E-state index contributed by atoms with van der Waals surface area (Å²) < 4.78 is 18.5. The molecule has 0 saturated carbocycles. The molecule has 2 atom stereocenters. The number of esters is 2. The first-order valence-electron chi connectivity index (χ1n) is 14.0. The van der Waals surface area contributed by atoms with Gasteiger partial charge < -0.3 is 24.1 Å². The van der Waals surface area contributed by atoms with Crippen molar-refractivity contribution in [3.8, 4) is 5.75 Å². The zero-order chi connectivity index (χ0) is 29.4. The number of hydrogen-bond acceptors (Lipinski definition) is 6. The molecule has 0 aliphatic carbocycles. The highest BCUT2D eigenvalue weighted by Gasteiger charge is 2.35. The van der Waals surface area contributed by atoms with Crippen LogP contribution in [-0.2, 0) is 32.0 Å². The van der Waals surface area contributed by atoms with Crippen molar-refractivity contribution in [1.29, 1.82) is 0 Å². The molecule has 0 aliphatic heterocycles. The first-order chi connectivity index (χ1) is 19.1. The lowest BCUT2D eigenvalue weighted by Gasteiger charge is -2.29. The molecule has 8 nitrogen and oxygen atoms in total. The summed E-state index contributed by atoms with van der Waals surface area (Å²) in [7, 11) is 2.93. The maximum absolute atomic E-state index is 13.2.